The van der Waals surface area contributed by atoms with Crippen LogP contribution < -0.4 is 10.5 Å². The summed E-state index contributed by atoms with van der Waals surface area (Å²) in [6.07, 6.45) is 8.34. The van der Waals surface area contributed by atoms with Crippen LogP contribution in [0.3, 0.4) is 0 Å². The van der Waals surface area contributed by atoms with Crippen LogP contribution in [0.15, 0.2) is 18.2 Å². The highest BCUT2D eigenvalue weighted by Gasteiger charge is 2.39. The summed E-state index contributed by atoms with van der Waals surface area (Å²) in [5, 5.41) is 0.644. The van der Waals surface area contributed by atoms with Crippen molar-refractivity contribution in [2.45, 2.75) is 56.7 Å². The number of nitrogen functional groups attached to an aromatic ring is 1. The van der Waals surface area contributed by atoms with Gasteiger partial charge >= 0.3 is 0 Å². The number of ether oxygens (including phenoxy) is 2. The quantitative estimate of drug-likeness (QED) is 0.832. The van der Waals surface area contributed by atoms with Crippen LogP contribution in [-0.4, -0.2) is 18.3 Å². The summed E-state index contributed by atoms with van der Waals surface area (Å²) in [6, 6.07) is 5.43. The van der Waals surface area contributed by atoms with Gasteiger partial charge in [0.2, 0.25) is 0 Å². The molecule has 2 aliphatic rings. The second-order valence-corrected chi connectivity index (χ2v) is 6.44. The van der Waals surface area contributed by atoms with E-state index in [1.165, 1.54) is 32.1 Å². The van der Waals surface area contributed by atoms with Crippen molar-refractivity contribution in [3.63, 3.8) is 0 Å². The molecule has 3 nitrogen and oxygen atoms in total. The van der Waals surface area contributed by atoms with E-state index in [9.17, 15) is 0 Å². The predicted molar refractivity (Wildman–Crippen MR) is 81.3 cm³/mol. The summed E-state index contributed by atoms with van der Waals surface area (Å²) in [5.74, 6) is 0.743. The third kappa shape index (κ3) is 3.04. The largest absolute Gasteiger partial charge is 0.488 e. The first kappa shape index (κ1) is 14.0. The fourth-order valence-corrected chi connectivity index (χ4v) is 3.61. The topological polar surface area (TPSA) is 44.5 Å². The van der Waals surface area contributed by atoms with Gasteiger partial charge in [0.15, 0.2) is 0 Å². The first-order valence-corrected chi connectivity index (χ1v) is 7.90. The van der Waals surface area contributed by atoms with E-state index in [4.69, 9.17) is 26.8 Å². The molecule has 3 rings (SSSR count). The molecule has 1 spiro atoms. The molecule has 0 amide bonds. The Morgan fingerprint density at radius 1 is 1.25 bits per heavy atom. The number of rotatable bonds is 2. The van der Waals surface area contributed by atoms with Gasteiger partial charge in [-0.15, -0.1) is 0 Å². The molecule has 1 heterocycles. The van der Waals surface area contributed by atoms with Gasteiger partial charge in [-0.1, -0.05) is 30.9 Å². The fourth-order valence-electron chi connectivity index (χ4n) is 3.43. The van der Waals surface area contributed by atoms with Gasteiger partial charge in [-0.3, -0.25) is 0 Å². The lowest BCUT2D eigenvalue weighted by atomic mass is 9.79. The van der Waals surface area contributed by atoms with Gasteiger partial charge < -0.3 is 15.2 Å². The van der Waals surface area contributed by atoms with Crippen LogP contribution in [0.4, 0.5) is 5.69 Å². The molecular weight excluding hydrogens is 274 g/mol. The SMILES string of the molecule is Nc1cc(Cl)ccc1OC1CCOC2(CCCCC2)C1. The summed E-state index contributed by atoms with van der Waals surface area (Å²) in [5.41, 5.74) is 6.64. The van der Waals surface area contributed by atoms with Crippen molar-refractivity contribution in [3.05, 3.63) is 23.2 Å². The highest BCUT2D eigenvalue weighted by Crippen LogP contribution is 2.40. The third-order valence-electron chi connectivity index (χ3n) is 4.48. The van der Waals surface area contributed by atoms with Crippen molar-refractivity contribution in [3.8, 4) is 5.75 Å². The standard InChI is InChI=1S/C16H22ClNO2/c17-12-4-5-15(14(18)10-12)20-13-6-9-19-16(11-13)7-2-1-3-8-16/h4-5,10,13H,1-3,6-9,11,18H2. The van der Waals surface area contributed by atoms with Crippen LogP contribution in [0.5, 0.6) is 5.75 Å². The minimum atomic E-state index is 0.0579. The molecule has 2 fully saturated rings. The molecule has 4 heteroatoms. The Labute approximate surface area is 125 Å². The maximum absolute atomic E-state index is 6.10. The van der Waals surface area contributed by atoms with E-state index in [1.54, 1.807) is 6.07 Å². The van der Waals surface area contributed by atoms with Gasteiger partial charge in [0.1, 0.15) is 11.9 Å². The molecule has 1 aliphatic heterocycles. The van der Waals surface area contributed by atoms with E-state index < -0.39 is 0 Å². The van der Waals surface area contributed by atoms with Crippen LogP contribution in [0.25, 0.3) is 0 Å². The maximum atomic E-state index is 6.10. The molecular formula is C16H22ClNO2. The van der Waals surface area contributed by atoms with E-state index in [2.05, 4.69) is 0 Å². The number of nitrogens with two attached hydrogens (primary N) is 1. The average molecular weight is 296 g/mol. The fraction of sp³-hybridized carbons (Fsp3) is 0.625. The first-order chi connectivity index (χ1) is 9.67. The van der Waals surface area contributed by atoms with Crippen molar-refractivity contribution in [2.75, 3.05) is 12.3 Å². The summed E-state index contributed by atoms with van der Waals surface area (Å²) in [4.78, 5) is 0. The lowest BCUT2D eigenvalue weighted by Crippen LogP contribution is -2.45. The Balaban J connectivity index is 1.68. The minimum Gasteiger partial charge on any atom is -0.488 e. The monoisotopic (exact) mass is 295 g/mol. The lowest BCUT2D eigenvalue weighted by molar-refractivity contribution is -0.129. The maximum Gasteiger partial charge on any atom is 0.142 e. The van der Waals surface area contributed by atoms with E-state index >= 15 is 0 Å². The molecule has 1 aromatic rings. The molecule has 2 N–H and O–H groups in total. The molecule has 1 saturated heterocycles. The highest BCUT2D eigenvalue weighted by atomic mass is 35.5. The number of hydrogen-bond donors (Lipinski definition) is 1. The molecule has 20 heavy (non-hydrogen) atoms. The van der Waals surface area contributed by atoms with Crippen LogP contribution in [-0.2, 0) is 4.74 Å². The number of anilines is 1. The number of halogens is 1. The number of hydrogen-bond acceptors (Lipinski definition) is 3. The van der Waals surface area contributed by atoms with Crippen molar-refractivity contribution >= 4 is 17.3 Å². The zero-order valence-electron chi connectivity index (χ0n) is 11.7. The Hall–Kier alpha value is -0.930. The van der Waals surface area contributed by atoms with E-state index in [1.807, 2.05) is 12.1 Å². The van der Waals surface area contributed by atoms with E-state index in [-0.39, 0.29) is 11.7 Å². The minimum absolute atomic E-state index is 0.0579. The molecule has 1 atom stereocenters. The van der Waals surface area contributed by atoms with Gasteiger partial charge in [0, 0.05) is 17.9 Å². The van der Waals surface area contributed by atoms with Gasteiger partial charge in [0.25, 0.3) is 0 Å². The van der Waals surface area contributed by atoms with Crippen molar-refractivity contribution in [2.24, 2.45) is 0 Å². The second-order valence-electron chi connectivity index (χ2n) is 6.01. The summed E-state index contributed by atoms with van der Waals surface area (Å²) in [7, 11) is 0. The summed E-state index contributed by atoms with van der Waals surface area (Å²) < 4.78 is 12.2. The van der Waals surface area contributed by atoms with Gasteiger partial charge in [-0.05, 0) is 31.0 Å². The number of benzene rings is 1. The molecule has 1 aromatic carbocycles. The smallest absolute Gasteiger partial charge is 0.142 e. The summed E-state index contributed by atoms with van der Waals surface area (Å²) >= 11 is 5.92. The van der Waals surface area contributed by atoms with Crippen LogP contribution in [0.1, 0.15) is 44.9 Å². The third-order valence-corrected chi connectivity index (χ3v) is 4.71. The molecule has 0 aromatic heterocycles. The van der Waals surface area contributed by atoms with Crippen molar-refractivity contribution in [1.29, 1.82) is 0 Å². The Morgan fingerprint density at radius 2 is 2.05 bits per heavy atom. The average Bonchev–Trinajstić information content (AvgIpc) is 2.43. The van der Waals surface area contributed by atoms with Gasteiger partial charge in [0.05, 0.1) is 17.9 Å². The zero-order chi connectivity index (χ0) is 14.0. The molecule has 110 valence electrons. The van der Waals surface area contributed by atoms with Crippen molar-refractivity contribution in [1.82, 2.24) is 0 Å². The molecule has 1 saturated carbocycles. The normalized spacial score (nSPS) is 25.6. The van der Waals surface area contributed by atoms with Crippen molar-refractivity contribution < 1.29 is 9.47 Å². The van der Waals surface area contributed by atoms with Crippen LogP contribution in [0, 0.1) is 0 Å². The Morgan fingerprint density at radius 3 is 2.80 bits per heavy atom. The zero-order valence-corrected chi connectivity index (χ0v) is 12.5. The Bertz CT molecular complexity index is 466. The van der Waals surface area contributed by atoms with Gasteiger partial charge in [-0.2, -0.15) is 0 Å². The molecule has 1 aliphatic carbocycles. The Kier molecular flexibility index (Phi) is 4.08. The van der Waals surface area contributed by atoms with Crippen LogP contribution >= 0.6 is 11.6 Å². The molecule has 1 unspecified atom stereocenters. The second kappa shape index (κ2) is 5.82. The lowest BCUT2D eigenvalue weighted by Gasteiger charge is -2.43. The highest BCUT2D eigenvalue weighted by molar-refractivity contribution is 6.30. The van der Waals surface area contributed by atoms with E-state index in [0.29, 0.717) is 10.7 Å². The van der Waals surface area contributed by atoms with Crippen LogP contribution in [0.2, 0.25) is 5.02 Å². The molecule has 0 bridgehead atoms. The first-order valence-electron chi connectivity index (χ1n) is 7.53. The summed E-state index contributed by atoms with van der Waals surface area (Å²) in [6.45, 7) is 0.790. The van der Waals surface area contributed by atoms with E-state index in [0.717, 1.165) is 25.2 Å². The predicted octanol–water partition coefficient (Wildman–Crippen LogP) is 4.18. The molecule has 0 radical (unpaired) electrons. The van der Waals surface area contributed by atoms with Gasteiger partial charge in [-0.25, -0.2) is 0 Å².